The summed E-state index contributed by atoms with van der Waals surface area (Å²) in [4.78, 5) is 14.4. The van der Waals surface area contributed by atoms with Gasteiger partial charge in [0.15, 0.2) is 0 Å². The minimum absolute atomic E-state index is 0. The molecule has 29 heavy (non-hydrogen) atoms. The maximum absolute atomic E-state index is 13.0. The molecule has 0 atom stereocenters. The van der Waals surface area contributed by atoms with Gasteiger partial charge < -0.3 is 14.8 Å². The van der Waals surface area contributed by atoms with E-state index in [2.05, 4.69) is 4.72 Å². The fourth-order valence-electron chi connectivity index (χ4n) is 3.03. The third-order valence-electron chi connectivity index (χ3n) is 4.62. The highest BCUT2D eigenvalue weighted by Crippen LogP contribution is 2.27. The molecule has 2 aromatic rings. The Kier molecular flexibility index (Phi) is 7.48. The number of rotatable bonds is 5. The van der Waals surface area contributed by atoms with Crippen molar-refractivity contribution in [3.8, 4) is 5.75 Å². The summed E-state index contributed by atoms with van der Waals surface area (Å²) in [5, 5.41) is 10.6. The molecule has 0 unspecified atom stereocenters. The number of hydrogen-bond donors (Lipinski definition) is 2. The van der Waals surface area contributed by atoms with Crippen molar-refractivity contribution in [3.63, 3.8) is 0 Å². The van der Waals surface area contributed by atoms with Crippen LogP contribution in [0, 0.1) is 6.92 Å². The maximum atomic E-state index is 13.0. The van der Waals surface area contributed by atoms with Crippen LogP contribution in [0.25, 0.3) is 0 Å². The van der Waals surface area contributed by atoms with Gasteiger partial charge in [0.05, 0.1) is 17.7 Å². The number of amides is 1. The highest BCUT2D eigenvalue weighted by molar-refractivity contribution is 7.92. The molecule has 0 aromatic heterocycles. The summed E-state index contributed by atoms with van der Waals surface area (Å²) in [7, 11) is -2.46. The number of benzene rings is 2. The molecule has 0 aliphatic carbocycles. The van der Waals surface area contributed by atoms with Gasteiger partial charge in [0.2, 0.25) is 0 Å². The van der Waals surface area contributed by atoms with Gasteiger partial charge in [-0.1, -0.05) is 18.2 Å². The Morgan fingerprint density at radius 1 is 1.10 bits per heavy atom. The molecule has 1 amide bonds. The summed E-state index contributed by atoms with van der Waals surface area (Å²) in [5.41, 5.74) is 1.14. The van der Waals surface area contributed by atoms with Crippen molar-refractivity contribution in [2.24, 2.45) is 0 Å². The van der Waals surface area contributed by atoms with Crippen LogP contribution in [-0.4, -0.2) is 62.8 Å². The van der Waals surface area contributed by atoms with Crippen molar-refractivity contribution in [3.05, 3.63) is 53.6 Å². The number of ether oxygens (including phenoxy) is 1. The lowest BCUT2D eigenvalue weighted by Gasteiger charge is -2.31. The predicted molar refractivity (Wildman–Crippen MR) is 111 cm³/mol. The molecule has 1 heterocycles. The lowest BCUT2D eigenvalue weighted by Crippen LogP contribution is -2.47. The summed E-state index contributed by atoms with van der Waals surface area (Å²) in [6.07, 6.45) is 0. The molecule has 0 radical (unpaired) electrons. The highest BCUT2D eigenvalue weighted by Gasteiger charge is 2.24. The number of nitrogens with one attached hydrogen (secondary N) is 1. The highest BCUT2D eigenvalue weighted by atomic mass is 35.5. The first-order valence-electron chi connectivity index (χ1n) is 8.81. The van der Waals surface area contributed by atoms with Crippen LogP contribution in [0.3, 0.4) is 0 Å². The van der Waals surface area contributed by atoms with E-state index in [4.69, 9.17) is 4.74 Å². The number of halogens is 1. The van der Waals surface area contributed by atoms with Crippen LogP contribution in [0.5, 0.6) is 5.75 Å². The van der Waals surface area contributed by atoms with Crippen molar-refractivity contribution in [2.75, 3.05) is 38.0 Å². The van der Waals surface area contributed by atoms with Crippen LogP contribution in [-0.2, 0) is 10.0 Å². The van der Waals surface area contributed by atoms with Gasteiger partial charge in [0.25, 0.3) is 15.9 Å². The van der Waals surface area contributed by atoms with Gasteiger partial charge in [-0.15, -0.1) is 12.4 Å². The first-order chi connectivity index (χ1) is 13.3. The van der Waals surface area contributed by atoms with Crippen molar-refractivity contribution in [1.82, 2.24) is 9.96 Å². The first kappa shape index (κ1) is 23.0. The molecule has 1 saturated heterocycles. The van der Waals surface area contributed by atoms with Gasteiger partial charge in [-0.05, 0) is 36.8 Å². The van der Waals surface area contributed by atoms with E-state index < -0.39 is 10.0 Å². The fraction of sp³-hybridized carbons (Fsp3) is 0.316. The van der Waals surface area contributed by atoms with E-state index in [0.717, 1.165) is 5.06 Å². The van der Waals surface area contributed by atoms with E-state index in [1.165, 1.54) is 13.2 Å². The standard InChI is InChI=1S/C19H23N3O5S.ClH/c1-14-7-8-15(19(23)21-9-11-22(24)12-10-21)13-18(14)28(25,26)20-16-5-3-4-6-17(16)27-2;/h3-8,13,20,24H,9-12H2,1-2H3;1H. The number of hydrogen-bond acceptors (Lipinski definition) is 6. The topological polar surface area (TPSA) is 99.2 Å². The zero-order valence-electron chi connectivity index (χ0n) is 16.2. The quantitative estimate of drug-likeness (QED) is 0.739. The SMILES string of the molecule is COc1ccccc1NS(=O)(=O)c1cc(C(=O)N2CCN(O)CC2)ccc1C.Cl. The molecule has 0 bridgehead atoms. The minimum atomic E-state index is -3.92. The normalized spacial score (nSPS) is 14.8. The van der Waals surface area contributed by atoms with Gasteiger partial charge in [-0.3, -0.25) is 9.52 Å². The number of methoxy groups -OCH3 is 1. The van der Waals surface area contributed by atoms with E-state index in [-0.39, 0.29) is 28.8 Å². The number of piperazine rings is 1. The zero-order chi connectivity index (χ0) is 20.3. The van der Waals surface area contributed by atoms with E-state index in [9.17, 15) is 18.4 Å². The summed E-state index contributed by atoms with van der Waals surface area (Å²) in [6, 6.07) is 11.3. The monoisotopic (exact) mass is 441 g/mol. The third-order valence-corrected chi connectivity index (χ3v) is 6.13. The smallest absolute Gasteiger partial charge is 0.262 e. The number of nitrogens with zero attached hydrogens (tertiary/aromatic N) is 2. The van der Waals surface area contributed by atoms with Crippen molar-refractivity contribution in [1.29, 1.82) is 0 Å². The Hall–Kier alpha value is -2.33. The van der Waals surface area contributed by atoms with Gasteiger partial charge in [0.1, 0.15) is 5.75 Å². The number of sulfonamides is 1. The zero-order valence-corrected chi connectivity index (χ0v) is 17.8. The van der Waals surface area contributed by atoms with E-state index in [0.29, 0.717) is 43.2 Å². The first-order valence-corrected chi connectivity index (χ1v) is 10.3. The fourth-order valence-corrected chi connectivity index (χ4v) is 4.38. The minimum Gasteiger partial charge on any atom is -0.495 e. The average Bonchev–Trinajstić information content (AvgIpc) is 2.68. The van der Waals surface area contributed by atoms with Gasteiger partial charge >= 0.3 is 0 Å². The molecule has 3 rings (SSSR count). The Morgan fingerprint density at radius 2 is 1.76 bits per heavy atom. The molecule has 2 N–H and O–H groups in total. The Labute approximate surface area is 176 Å². The Morgan fingerprint density at radius 3 is 2.41 bits per heavy atom. The van der Waals surface area contributed by atoms with Gasteiger partial charge in [0, 0.05) is 31.7 Å². The van der Waals surface area contributed by atoms with Crippen molar-refractivity contribution >= 4 is 34.0 Å². The molecule has 158 valence electrons. The van der Waals surface area contributed by atoms with Crippen LogP contribution < -0.4 is 9.46 Å². The predicted octanol–water partition coefficient (Wildman–Crippen LogP) is 2.37. The number of para-hydroxylation sites is 2. The number of aryl methyl sites for hydroxylation is 1. The molecule has 0 saturated carbocycles. The lowest BCUT2D eigenvalue weighted by molar-refractivity contribution is -0.112. The summed E-state index contributed by atoms with van der Waals surface area (Å²) < 4.78 is 33.6. The number of carbonyl (C=O) groups excluding carboxylic acids is 1. The second-order valence-corrected chi connectivity index (χ2v) is 8.18. The average molecular weight is 442 g/mol. The maximum Gasteiger partial charge on any atom is 0.262 e. The molecule has 1 aliphatic rings. The Bertz CT molecular complexity index is 976. The van der Waals surface area contributed by atoms with Gasteiger partial charge in [-0.2, -0.15) is 5.06 Å². The second kappa shape index (κ2) is 9.45. The molecule has 1 aliphatic heterocycles. The number of carbonyl (C=O) groups is 1. The van der Waals surface area contributed by atoms with E-state index in [1.54, 1.807) is 48.2 Å². The summed E-state index contributed by atoms with van der Waals surface area (Å²) in [5.74, 6) is 0.139. The number of hydroxylamine groups is 2. The molecule has 1 fully saturated rings. The van der Waals surface area contributed by atoms with Crippen molar-refractivity contribution in [2.45, 2.75) is 11.8 Å². The lowest BCUT2D eigenvalue weighted by atomic mass is 10.1. The Balaban J connectivity index is 0.00000300. The van der Waals surface area contributed by atoms with E-state index in [1.807, 2.05) is 0 Å². The molecular weight excluding hydrogens is 418 g/mol. The number of anilines is 1. The van der Waals surface area contributed by atoms with Crippen molar-refractivity contribution < 1.29 is 23.2 Å². The third kappa shape index (κ3) is 5.18. The van der Waals surface area contributed by atoms with Crippen LogP contribution >= 0.6 is 12.4 Å². The van der Waals surface area contributed by atoms with Crippen LogP contribution in [0.2, 0.25) is 0 Å². The molecule has 8 nitrogen and oxygen atoms in total. The largest absolute Gasteiger partial charge is 0.495 e. The van der Waals surface area contributed by atoms with Crippen LogP contribution in [0.15, 0.2) is 47.4 Å². The molecule has 10 heteroatoms. The second-order valence-electron chi connectivity index (χ2n) is 6.53. The summed E-state index contributed by atoms with van der Waals surface area (Å²) in [6.45, 7) is 3.15. The van der Waals surface area contributed by atoms with Crippen LogP contribution in [0.1, 0.15) is 15.9 Å². The molecule has 2 aromatic carbocycles. The summed E-state index contributed by atoms with van der Waals surface area (Å²) >= 11 is 0. The molecular formula is C19H24ClN3O5S. The molecule has 0 spiro atoms. The van der Waals surface area contributed by atoms with Gasteiger partial charge in [-0.25, -0.2) is 8.42 Å². The van der Waals surface area contributed by atoms with E-state index >= 15 is 0 Å². The van der Waals surface area contributed by atoms with Crippen LogP contribution in [0.4, 0.5) is 5.69 Å².